The van der Waals surface area contributed by atoms with E-state index in [-0.39, 0.29) is 25.9 Å². The molecular formula is C32H45N3O8. The van der Waals surface area contributed by atoms with Crippen molar-refractivity contribution in [1.82, 2.24) is 14.7 Å². The maximum Gasteiger partial charge on any atom is 0.308 e. The monoisotopic (exact) mass is 599 g/mol. The highest BCUT2D eigenvalue weighted by Gasteiger charge is 2.48. The molecule has 0 aromatic heterocycles. The Bertz CT molecular complexity index is 1240. The zero-order valence-corrected chi connectivity index (χ0v) is 25.9. The third kappa shape index (κ3) is 7.83. The van der Waals surface area contributed by atoms with Gasteiger partial charge in [-0.25, -0.2) is 0 Å². The third-order valence-electron chi connectivity index (χ3n) is 8.13. The van der Waals surface area contributed by atoms with Crippen LogP contribution in [-0.4, -0.2) is 112 Å². The van der Waals surface area contributed by atoms with Crippen LogP contribution in [0.2, 0.25) is 0 Å². The molecule has 2 aliphatic heterocycles. The zero-order valence-electron chi connectivity index (χ0n) is 25.9. The van der Waals surface area contributed by atoms with Crippen LogP contribution >= 0.6 is 0 Å². The van der Waals surface area contributed by atoms with E-state index in [2.05, 4.69) is 11.8 Å². The van der Waals surface area contributed by atoms with Gasteiger partial charge in [0.15, 0.2) is 23.0 Å². The van der Waals surface area contributed by atoms with Crippen molar-refractivity contribution in [2.24, 2.45) is 5.92 Å². The molecule has 236 valence electrons. The minimum atomic E-state index is -0.959. The number of carbonyl (C=O) groups excluding carboxylic acids is 1. The van der Waals surface area contributed by atoms with Crippen molar-refractivity contribution in [3.63, 3.8) is 0 Å². The van der Waals surface area contributed by atoms with Gasteiger partial charge in [-0.1, -0.05) is 25.5 Å². The Morgan fingerprint density at radius 3 is 2.40 bits per heavy atom. The van der Waals surface area contributed by atoms with Gasteiger partial charge < -0.3 is 38.6 Å². The number of aliphatic carboxylic acids is 1. The van der Waals surface area contributed by atoms with E-state index in [4.69, 9.17) is 23.7 Å². The minimum absolute atomic E-state index is 0.0115. The first-order chi connectivity index (χ1) is 20.8. The van der Waals surface area contributed by atoms with Crippen LogP contribution in [-0.2, 0) is 9.59 Å². The summed E-state index contributed by atoms with van der Waals surface area (Å²) in [6.07, 6.45) is 2.75. The Kier molecular flexibility index (Phi) is 11.4. The van der Waals surface area contributed by atoms with Crippen molar-refractivity contribution in [2.75, 3.05) is 74.4 Å². The summed E-state index contributed by atoms with van der Waals surface area (Å²) in [6.45, 7) is 4.89. The van der Waals surface area contributed by atoms with E-state index in [1.54, 1.807) is 26.4 Å². The van der Waals surface area contributed by atoms with Gasteiger partial charge in [0.1, 0.15) is 6.61 Å². The summed E-state index contributed by atoms with van der Waals surface area (Å²) in [5.74, 6) is 0.299. The van der Waals surface area contributed by atoms with E-state index < -0.39 is 23.8 Å². The summed E-state index contributed by atoms with van der Waals surface area (Å²) < 4.78 is 28.4. The number of nitrogens with zero attached hydrogens (tertiary/aromatic N) is 3. The standard InChI is InChI=1S/C32H45N3O8/c1-6-7-14-34(15-10-13-33(2)3)29(36)19-35-18-23(22-16-27(40-5)31-28(17-22)42-21-43-31)30(32(37)38)24(35)20-41-26-12-9-8-11-25(26)39-4/h8-9,11-12,16-17,23-24,30H,6-7,10,13-15,18-21H2,1-5H3,(H,37,38)/t23-,24+,30-/m1/s1. The number of amides is 1. The molecule has 1 N–H and O–H groups in total. The van der Waals surface area contributed by atoms with Gasteiger partial charge in [0.05, 0.1) is 32.7 Å². The number of fused-ring (bicyclic) bond motifs is 1. The first kappa shape index (κ1) is 32.2. The zero-order chi connectivity index (χ0) is 30.9. The number of methoxy groups -OCH3 is 2. The Morgan fingerprint density at radius 1 is 1.00 bits per heavy atom. The highest BCUT2D eigenvalue weighted by atomic mass is 16.7. The van der Waals surface area contributed by atoms with Crippen LogP contribution in [0.5, 0.6) is 28.7 Å². The highest BCUT2D eigenvalue weighted by Crippen LogP contribution is 2.47. The molecule has 2 aliphatic rings. The van der Waals surface area contributed by atoms with Crippen molar-refractivity contribution in [3.8, 4) is 28.7 Å². The number of rotatable bonds is 16. The van der Waals surface area contributed by atoms with Gasteiger partial charge in [-0.05, 0) is 63.3 Å². The molecule has 0 saturated carbocycles. The lowest BCUT2D eigenvalue weighted by atomic mass is 9.85. The lowest BCUT2D eigenvalue weighted by molar-refractivity contribution is -0.144. The fourth-order valence-corrected chi connectivity index (χ4v) is 5.88. The lowest BCUT2D eigenvalue weighted by Gasteiger charge is -2.30. The molecule has 11 nitrogen and oxygen atoms in total. The summed E-state index contributed by atoms with van der Waals surface area (Å²) in [6, 6.07) is 10.3. The van der Waals surface area contributed by atoms with E-state index >= 15 is 0 Å². The molecule has 11 heteroatoms. The second-order valence-corrected chi connectivity index (χ2v) is 11.3. The number of carboxylic acids is 1. The number of carboxylic acid groups (broad SMARTS) is 1. The first-order valence-electron chi connectivity index (χ1n) is 14.9. The molecule has 0 aliphatic carbocycles. The van der Waals surface area contributed by atoms with E-state index in [0.29, 0.717) is 48.4 Å². The largest absolute Gasteiger partial charge is 0.493 e. The average Bonchev–Trinajstić information content (AvgIpc) is 3.62. The molecule has 43 heavy (non-hydrogen) atoms. The van der Waals surface area contributed by atoms with Crippen LogP contribution in [0.15, 0.2) is 36.4 Å². The van der Waals surface area contributed by atoms with Gasteiger partial charge in [0, 0.05) is 25.6 Å². The van der Waals surface area contributed by atoms with Crippen LogP contribution in [0, 0.1) is 5.92 Å². The Morgan fingerprint density at radius 2 is 1.72 bits per heavy atom. The summed E-state index contributed by atoms with van der Waals surface area (Å²) in [7, 11) is 7.14. The number of hydrogen-bond acceptors (Lipinski definition) is 9. The first-order valence-corrected chi connectivity index (χ1v) is 14.9. The summed E-state index contributed by atoms with van der Waals surface area (Å²) in [4.78, 5) is 32.7. The van der Waals surface area contributed by atoms with Gasteiger partial charge in [-0.3, -0.25) is 14.5 Å². The molecular weight excluding hydrogens is 554 g/mol. The molecule has 1 fully saturated rings. The number of likely N-dealkylation sites (tertiary alicyclic amines) is 1. The van der Waals surface area contributed by atoms with Crippen LogP contribution in [0.3, 0.4) is 0 Å². The van der Waals surface area contributed by atoms with Crippen LogP contribution in [0.4, 0.5) is 0 Å². The number of para-hydroxylation sites is 2. The third-order valence-corrected chi connectivity index (χ3v) is 8.13. The lowest BCUT2D eigenvalue weighted by Crippen LogP contribution is -2.47. The fourth-order valence-electron chi connectivity index (χ4n) is 5.88. The Hall–Kier alpha value is -3.70. The van der Waals surface area contributed by atoms with Gasteiger partial charge in [0.25, 0.3) is 0 Å². The number of hydrogen-bond donors (Lipinski definition) is 1. The number of ether oxygens (including phenoxy) is 5. The summed E-state index contributed by atoms with van der Waals surface area (Å²) >= 11 is 0. The predicted octanol–water partition coefficient (Wildman–Crippen LogP) is 3.56. The molecule has 2 heterocycles. The van der Waals surface area contributed by atoms with E-state index in [1.165, 1.54) is 0 Å². The van der Waals surface area contributed by atoms with E-state index in [1.807, 2.05) is 48.2 Å². The molecule has 2 aromatic carbocycles. The van der Waals surface area contributed by atoms with Crippen LogP contribution in [0.25, 0.3) is 0 Å². The molecule has 4 rings (SSSR count). The topological polar surface area (TPSA) is 110 Å². The summed E-state index contributed by atoms with van der Waals surface area (Å²) in [5.41, 5.74) is 0.750. The second-order valence-electron chi connectivity index (χ2n) is 11.3. The highest BCUT2D eigenvalue weighted by molar-refractivity contribution is 5.79. The molecule has 0 spiro atoms. The van der Waals surface area contributed by atoms with Crippen molar-refractivity contribution >= 4 is 11.9 Å². The molecule has 2 aromatic rings. The van der Waals surface area contributed by atoms with Crippen molar-refractivity contribution in [2.45, 2.75) is 38.1 Å². The minimum Gasteiger partial charge on any atom is -0.493 e. The number of unbranched alkanes of at least 4 members (excludes halogenated alkanes) is 1. The predicted molar refractivity (Wildman–Crippen MR) is 161 cm³/mol. The van der Waals surface area contributed by atoms with Crippen molar-refractivity contribution in [3.05, 3.63) is 42.0 Å². The molecule has 1 amide bonds. The smallest absolute Gasteiger partial charge is 0.308 e. The van der Waals surface area contributed by atoms with Gasteiger partial charge >= 0.3 is 5.97 Å². The molecule has 0 bridgehead atoms. The molecule has 0 radical (unpaired) electrons. The van der Waals surface area contributed by atoms with Crippen LogP contribution in [0.1, 0.15) is 37.7 Å². The average molecular weight is 600 g/mol. The van der Waals surface area contributed by atoms with Gasteiger partial charge in [0.2, 0.25) is 18.4 Å². The normalized spacial score (nSPS) is 19.4. The Labute approximate surface area is 254 Å². The molecule has 3 atom stereocenters. The van der Waals surface area contributed by atoms with Crippen molar-refractivity contribution < 1.29 is 38.4 Å². The number of benzene rings is 2. The van der Waals surface area contributed by atoms with E-state index in [0.717, 1.165) is 31.4 Å². The number of carbonyl (C=O) groups is 2. The Balaban J connectivity index is 1.64. The fraction of sp³-hybridized carbons (Fsp3) is 0.562. The SMILES string of the molecule is CCCCN(CCCN(C)C)C(=O)CN1C[C@H](c2cc(OC)c3c(c2)OCO3)[C@@H](C(=O)O)[C@@H]1COc1ccccc1OC. The quantitative estimate of drug-likeness (QED) is 0.308. The molecule has 0 unspecified atom stereocenters. The maximum atomic E-state index is 13.8. The van der Waals surface area contributed by atoms with Crippen LogP contribution < -0.4 is 23.7 Å². The van der Waals surface area contributed by atoms with Gasteiger partial charge in [-0.2, -0.15) is 0 Å². The summed E-state index contributed by atoms with van der Waals surface area (Å²) in [5, 5.41) is 10.6. The maximum absolute atomic E-state index is 13.8. The second kappa shape index (κ2) is 15.2. The van der Waals surface area contributed by atoms with Crippen molar-refractivity contribution in [1.29, 1.82) is 0 Å². The van der Waals surface area contributed by atoms with Gasteiger partial charge in [-0.15, -0.1) is 0 Å². The van der Waals surface area contributed by atoms with E-state index in [9.17, 15) is 14.7 Å². The molecule has 1 saturated heterocycles.